The van der Waals surface area contributed by atoms with Gasteiger partial charge in [-0.2, -0.15) is 0 Å². The Bertz CT molecular complexity index is 1400. The second-order valence-electron chi connectivity index (χ2n) is 8.69. The van der Waals surface area contributed by atoms with Crippen LogP contribution in [0.25, 0.3) is 10.2 Å². The van der Waals surface area contributed by atoms with Crippen molar-refractivity contribution in [2.45, 2.75) is 19.1 Å². The number of rotatable bonds is 8. The van der Waals surface area contributed by atoms with E-state index in [0.29, 0.717) is 22.5 Å². The topological polar surface area (TPSA) is 80.6 Å². The molecule has 35 heavy (non-hydrogen) atoms. The molecule has 0 fully saturated rings. The fraction of sp³-hybridized carbons (Fsp3) is 0.222. The Balaban J connectivity index is 1.44. The lowest BCUT2D eigenvalue weighted by Gasteiger charge is -2.23. The van der Waals surface area contributed by atoms with E-state index in [9.17, 15) is 14.7 Å². The van der Waals surface area contributed by atoms with E-state index >= 15 is 0 Å². The maximum atomic E-state index is 13.1. The summed E-state index contributed by atoms with van der Waals surface area (Å²) in [4.78, 5) is 27.4. The molecule has 1 atom stereocenters. The number of hydrogen-bond acceptors (Lipinski definition) is 5. The number of carbonyl (C=O) groups excluding carboxylic acids is 1. The van der Waals surface area contributed by atoms with E-state index < -0.39 is 11.5 Å². The second kappa shape index (κ2) is 10.3. The summed E-state index contributed by atoms with van der Waals surface area (Å²) >= 11 is 7.35. The van der Waals surface area contributed by atoms with Gasteiger partial charge in [-0.05, 0) is 37.3 Å². The van der Waals surface area contributed by atoms with Crippen LogP contribution in [0.3, 0.4) is 0 Å². The molecule has 1 aliphatic rings. The minimum atomic E-state index is -1.19. The first-order valence-electron chi connectivity index (χ1n) is 11.0. The molecule has 1 aromatic carbocycles. The standard InChI is InChI=1S/C27H25ClN2O4S/c1-17-4-6-18(7-5-17)13-29-25(32)23-14-30(3)26-22(24(23)31)12-21(35-26)15-34-16-27(2,33)19-8-10-20(28)11-9-19/h4-12,14,33H,1,13,15-16H2,2-3H3/p+1. The van der Waals surface area contributed by atoms with Crippen LogP contribution in [0.2, 0.25) is 5.02 Å². The number of nitrogens with one attached hydrogen (secondary N) is 1. The van der Waals surface area contributed by atoms with Gasteiger partial charge in [-0.3, -0.25) is 9.59 Å². The van der Waals surface area contributed by atoms with Crippen molar-refractivity contribution in [3.8, 4) is 0 Å². The van der Waals surface area contributed by atoms with Crippen LogP contribution < -0.4 is 10.7 Å². The zero-order valence-electron chi connectivity index (χ0n) is 19.5. The van der Waals surface area contributed by atoms with Crippen LogP contribution in [0.15, 0.2) is 77.3 Å². The molecule has 0 radical (unpaired) electrons. The third-order valence-corrected chi connectivity index (χ3v) is 7.16. The number of halogens is 1. The van der Waals surface area contributed by atoms with Gasteiger partial charge in [0, 0.05) is 53.4 Å². The number of carbonyl (C=O) groups is 1. The number of benzene rings is 1. The number of pyridine rings is 1. The molecule has 0 bridgehead atoms. The third kappa shape index (κ3) is 5.77. The van der Waals surface area contributed by atoms with Crippen molar-refractivity contribution >= 4 is 39.1 Å². The Morgan fingerprint density at radius 3 is 2.74 bits per heavy atom. The number of amides is 1. The van der Waals surface area contributed by atoms with E-state index in [1.807, 2.05) is 24.6 Å². The molecule has 1 unspecified atom stereocenters. The van der Waals surface area contributed by atoms with Crippen molar-refractivity contribution in [3.05, 3.63) is 110 Å². The van der Waals surface area contributed by atoms with Gasteiger partial charge in [-0.15, -0.1) is 11.3 Å². The molecule has 1 aliphatic carbocycles. The predicted octanol–water partition coefficient (Wildman–Crippen LogP) is 4.66. The van der Waals surface area contributed by atoms with Crippen LogP contribution in [0, 0.1) is 6.42 Å². The van der Waals surface area contributed by atoms with E-state index in [1.54, 1.807) is 55.1 Å². The van der Waals surface area contributed by atoms with Gasteiger partial charge in [0.15, 0.2) is 0 Å². The molecule has 3 aromatic rings. The number of aryl methyl sites for hydroxylation is 1. The van der Waals surface area contributed by atoms with Crippen molar-refractivity contribution in [3.63, 3.8) is 0 Å². The number of aromatic nitrogens is 1. The van der Waals surface area contributed by atoms with Gasteiger partial charge < -0.3 is 19.7 Å². The summed E-state index contributed by atoms with van der Waals surface area (Å²) in [5.74, 6) is -0.422. The number of ether oxygens (including phenoxy) is 1. The first-order valence-corrected chi connectivity index (χ1v) is 12.2. The van der Waals surface area contributed by atoms with Crippen LogP contribution in [0.4, 0.5) is 0 Å². The lowest BCUT2D eigenvalue weighted by molar-refractivity contribution is -0.0429. The highest BCUT2D eigenvalue weighted by molar-refractivity contribution is 7.18. The molecule has 8 heteroatoms. The summed E-state index contributed by atoms with van der Waals surface area (Å²) in [6, 6.07) is 8.72. The smallest absolute Gasteiger partial charge is 0.257 e. The highest BCUT2D eigenvalue weighted by atomic mass is 35.5. The van der Waals surface area contributed by atoms with Crippen LogP contribution in [0.1, 0.15) is 27.7 Å². The van der Waals surface area contributed by atoms with E-state index in [2.05, 4.69) is 11.9 Å². The van der Waals surface area contributed by atoms with Crippen LogP contribution in [-0.2, 0) is 24.0 Å². The summed E-state index contributed by atoms with van der Waals surface area (Å²) in [6.45, 7) is 6.14. The van der Waals surface area contributed by atoms with E-state index in [4.69, 9.17) is 16.3 Å². The number of thiophene rings is 1. The molecular weight excluding hydrogens is 484 g/mol. The molecule has 4 rings (SSSR count). The number of nitrogens with zero attached hydrogens (tertiary/aromatic N) is 1. The normalized spacial score (nSPS) is 15.0. The van der Waals surface area contributed by atoms with Crippen molar-refractivity contribution < 1.29 is 14.6 Å². The van der Waals surface area contributed by atoms with E-state index in [1.165, 1.54) is 11.3 Å². The molecule has 2 N–H and O–H groups in total. The fourth-order valence-electron chi connectivity index (χ4n) is 3.72. The van der Waals surface area contributed by atoms with Crippen molar-refractivity contribution in [1.82, 2.24) is 9.88 Å². The number of hydrogen-bond donors (Lipinski definition) is 2. The Labute approximate surface area is 212 Å². The summed E-state index contributed by atoms with van der Waals surface area (Å²) < 4.78 is 7.56. The van der Waals surface area contributed by atoms with Gasteiger partial charge in [0.1, 0.15) is 16.0 Å². The van der Waals surface area contributed by atoms with Gasteiger partial charge in [-0.25, -0.2) is 0 Å². The molecular formula is C27H26ClN2O4S+. The highest BCUT2D eigenvalue weighted by Gasteiger charge is 2.24. The van der Waals surface area contributed by atoms with E-state index in [-0.39, 0.29) is 24.2 Å². The first kappa shape index (κ1) is 25.0. The Kier molecular flexibility index (Phi) is 7.33. The summed E-state index contributed by atoms with van der Waals surface area (Å²) in [7, 11) is 1.80. The molecule has 180 valence electrons. The minimum absolute atomic E-state index is 0.0714. The molecule has 0 saturated heterocycles. The van der Waals surface area contributed by atoms with E-state index in [0.717, 1.165) is 20.9 Å². The lowest BCUT2D eigenvalue weighted by atomic mass is 9.97. The Hall–Kier alpha value is -3.10. The molecule has 1 amide bonds. The Morgan fingerprint density at radius 1 is 1.31 bits per heavy atom. The summed E-state index contributed by atoms with van der Waals surface area (Å²) in [5, 5.41) is 14.6. The fourth-order valence-corrected chi connectivity index (χ4v) is 4.87. The highest BCUT2D eigenvalue weighted by Crippen LogP contribution is 2.26. The number of allylic oxidation sites excluding steroid dienone is 3. The van der Waals surface area contributed by atoms with Gasteiger partial charge in [0.2, 0.25) is 5.43 Å². The lowest BCUT2D eigenvalue weighted by Crippen LogP contribution is -2.30. The first-order chi connectivity index (χ1) is 16.6. The maximum absolute atomic E-state index is 13.1. The minimum Gasteiger partial charge on any atom is -0.383 e. The molecule has 0 saturated carbocycles. The Morgan fingerprint density at radius 2 is 2.06 bits per heavy atom. The molecule has 2 heterocycles. The van der Waals surface area contributed by atoms with Gasteiger partial charge in [0.05, 0.1) is 30.7 Å². The molecule has 2 aromatic heterocycles. The summed E-state index contributed by atoms with van der Waals surface area (Å²) in [6.07, 6.45) is 9.08. The quantitative estimate of drug-likeness (QED) is 0.433. The zero-order chi connectivity index (χ0) is 25.2. The zero-order valence-corrected chi connectivity index (χ0v) is 21.1. The average molecular weight is 510 g/mol. The largest absolute Gasteiger partial charge is 0.383 e. The van der Waals surface area contributed by atoms with Crippen LogP contribution >= 0.6 is 22.9 Å². The van der Waals surface area contributed by atoms with Gasteiger partial charge >= 0.3 is 0 Å². The third-order valence-electron chi connectivity index (χ3n) is 5.71. The SMILES string of the molecule is C=C1C=CC(CNC(=O)c2cn(C)c3sc(COCC(C)(O)c4ccc(Cl)cc4)cc3c2=O)=C[CH+]1. The van der Waals surface area contributed by atoms with Gasteiger partial charge in [-0.1, -0.05) is 23.7 Å². The van der Waals surface area contributed by atoms with Gasteiger partial charge in [0.25, 0.3) is 5.91 Å². The second-order valence-corrected chi connectivity index (χ2v) is 10.2. The van der Waals surface area contributed by atoms with Crippen molar-refractivity contribution in [2.24, 2.45) is 7.05 Å². The number of aliphatic hydroxyl groups is 1. The van der Waals surface area contributed by atoms with Crippen molar-refractivity contribution in [2.75, 3.05) is 13.2 Å². The maximum Gasteiger partial charge on any atom is 0.257 e. The summed E-state index contributed by atoms with van der Waals surface area (Å²) in [5.41, 5.74) is 1.10. The monoisotopic (exact) mass is 509 g/mol. The van der Waals surface area contributed by atoms with Crippen LogP contribution in [-0.4, -0.2) is 28.7 Å². The average Bonchev–Trinajstić information content (AvgIpc) is 3.26. The predicted molar refractivity (Wildman–Crippen MR) is 141 cm³/mol. The molecule has 0 aliphatic heterocycles. The number of fused-ring (bicyclic) bond motifs is 1. The van der Waals surface area contributed by atoms with Crippen LogP contribution in [0.5, 0.6) is 0 Å². The molecule has 0 spiro atoms. The van der Waals surface area contributed by atoms with Crippen molar-refractivity contribution in [1.29, 1.82) is 0 Å². The molecule has 6 nitrogen and oxygen atoms in total.